The van der Waals surface area contributed by atoms with Gasteiger partial charge in [0.1, 0.15) is 10.0 Å². The molecule has 7 heteroatoms. The molecule has 0 amide bonds. The van der Waals surface area contributed by atoms with Crippen molar-refractivity contribution in [3.8, 4) is 0 Å². The Bertz CT molecular complexity index is 569. The highest BCUT2D eigenvalue weighted by atomic mass is 79.9. The van der Waals surface area contributed by atoms with Crippen molar-refractivity contribution in [2.45, 2.75) is 50.1 Å². The molecule has 1 saturated heterocycles. The third-order valence-corrected chi connectivity index (χ3v) is 6.43. The number of aromatic nitrogens is 1. The molecular weight excluding hydrogens is 352 g/mol. The first-order valence-corrected chi connectivity index (χ1v) is 8.79. The van der Waals surface area contributed by atoms with Gasteiger partial charge in [-0.15, -0.1) is 0 Å². The number of nitrogens with zero attached hydrogens (tertiary/aromatic N) is 2. The normalized spacial score (nSPS) is 25.5. The molecular formula is C12H16BrClN2O2S. The Kier molecular flexibility index (Phi) is 4.55. The molecule has 1 aliphatic rings. The summed E-state index contributed by atoms with van der Waals surface area (Å²) in [6, 6.07) is 1.49. The van der Waals surface area contributed by atoms with Crippen molar-refractivity contribution in [2.75, 3.05) is 0 Å². The van der Waals surface area contributed by atoms with Gasteiger partial charge in [0.05, 0.1) is 0 Å². The van der Waals surface area contributed by atoms with Gasteiger partial charge in [0, 0.05) is 22.8 Å². The molecule has 19 heavy (non-hydrogen) atoms. The predicted molar refractivity (Wildman–Crippen MR) is 78.7 cm³/mol. The van der Waals surface area contributed by atoms with E-state index in [1.54, 1.807) is 4.31 Å². The Morgan fingerprint density at radius 3 is 2.53 bits per heavy atom. The highest BCUT2D eigenvalue weighted by Crippen LogP contribution is 2.32. The summed E-state index contributed by atoms with van der Waals surface area (Å²) >= 11 is 9.20. The summed E-state index contributed by atoms with van der Waals surface area (Å²) in [6.45, 7) is 3.87. The van der Waals surface area contributed by atoms with Crippen molar-refractivity contribution in [1.82, 2.24) is 9.29 Å². The summed E-state index contributed by atoms with van der Waals surface area (Å²) in [5.74, 6) is 0. The lowest BCUT2D eigenvalue weighted by Gasteiger charge is -2.37. The molecule has 0 aliphatic carbocycles. The molecule has 1 fully saturated rings. The minimum atomic E-state index is -3.60. The second-order valence-electron chi connectivity index (χ2n) is 4.91. The molecule has 0 aromatic carbocycles. The lowest BCUT2D eigenvalue weighted by atomic mass is 10.0. The zero-order chi connectivity index (χ0) is 14.2. The minimum absolute atomic E-state index is 0.0104. The molecule has 1 aliphatic heterocycles. The van der Waals surface area contributed by atoms with E-state index in [4.69, 9.17) is 11.6 Å². The quantitative estimate of drug-likeness (QED) is 0.752. The van der Waals surface area contributed by atoms with E-state index in [1.165, 1.54) is 12.3 Å². The maximum Gasteiger partial charge on any atom is 0.246 e. The van der Waals surface area contributed by atoms with Crippen LogP contribution in [0.3, 0.4) is 0 Å². The highest BCUT2D eigenvalue weighted by molar-refractivity contribution is 9.10. The first-order chi connectivity index (χ1) is 8.84. The second-order valence-corrected chi connectivity index (χ2v) is 7.99. The number of pyridine rings is 1. The van der Waals surface area contributed by atoms with E-state index in [0.717, 1.165) is 19.3 Å². The second kappa shape index (κ2) is 5.68. The largest absolute Gasteiger partial charge is 0.246 e. The zero-order valence-corrected chi connectivity index (χ0v) is 14.0. The van der Waals surface area contributed by atoms with Crippen LogP contribution in [0.4, 0.5) is 0 Å². The van der Waals surface area contributed by atoms with Crippen LogP contribution in [0, 0.1) is 0 Å². The summed E-state index contributed by atoms with van der Waals surface area (Å²) in [5, 5.41) is 0.0215. The van der Waals surface area contributed by atoms with E-state index in [9.17, 15) is 8.42 Å². The van der Waals surface area contributed by atoms with E-state index < -0.39 is 10.0 Å². The van der Waals surface area contributed by atoms with Crippen LogP contribution >= 0.6 is 27.5 Å². The lowest BCUT2D eigenvalue weighted by molar-refractivity contribution is 0.204. The molecule has 0 unspecified atom stereocenters. The smallest absolute Gasteiger partial charge is 0.242 e. The Morgan fingerprint density at radius 1 is 1.37 bits per heavy atom. The van der Waals surface area contributed by atoms with Gasteiger partial charge in [-0.05, 0) is 48.7 Å². The van der Waals surface area contributed by atoms with Crippen molar-refractivity contribution >= 4 is 37.6 Å². The van der Waals surface area contributed by atoms with E-state index in [2.05, 4.69) is 20.9 Å². The molecule has 2 rings (SSSR count). The maximum absolute atomic E-state index is 12.8. The van der Waals surface area contributed by atoms with E-state index in [-0.39, 0.29) is 22.1 Å². The van der Waals surface area contributed by atoms with E-state index >= 15 is 0 Å². The molecule has 2 heterocycles. The van der Waals surface area contributed by atoms with E-state index in [0.29, 0.717) is 4.47 Å². The Morgan fingerprint density at radius 2 is 1.95 bits per heavy atom. The monoisotopic (exact) mass is 366 g/mol. The molecule has 2 atom stereocenters. The van der Waals surface area contributed by atoms with E-state index in [1.807, 2.05) is 13.8 Å². The van der Waals surface area contributed by atoms with Crippen LogP contribution in [0.5, 0.6) is 0 Å². The minimum Gasteiger partial charge on any atom is -0.242 e. The molecule has 0 N–H and O–H groups in total. The summed E-state index contributed by atoms with van der Waals surface area (Å²) in [7, 11) is -3.60. The molecule has 106 valence electrons. The van der Waals surface area contributed by atoms with Gasteiger partial charge in [0.25, 0.3) is 0 Å². The third kappa shape index (κ3) is 2.96. The van der Waals surface area contributed by atoms with Crippen molar-refractivity contribution in [3.05, 3.63) is 21.9 Å². The summed E-state index contributed by atoms with van der Waals surface area (Å²) in [4.78, 5) is 3.98. The van der Waals surface area contributed by atoms with Gasteiger partial charge in [-0.2, -0.15) is 4.31 Å². The van der Waals surface area contributed by atoms with Crippen LogP contribution in [-0.2, 0) is 10.0 Å². The van der Waals surface area contributed by atoms with Crippen LogP contribution in [0.1, 0.15) is 33.1 Å². The number of sulfonamides is 1. The molecule has 1 aromatic heterocycles. The van der Waals surface area contributed by atoms with Gasteiger partial charge in [0.15, 0.2) is 0 Å². The van der Waals surface area contributed by atoms with Gasteiger partial charge in [-0.1, -0.05) is 18.0 Å². The Hall–Kier alpha value is -0.170. The Balaban J connectivity index is 2.49. The van der Waals surface area contributed by atoms with Crippen LogP contribution in [0.25, 0.3) is 0 Å². The lowest BCUT2D eigenvalue weighted by Crippen LogP contribution is -2.47. The maximum atomic E-state index is 12.8. The summed E-state index contributed by atoms with van der Waals surface area (Å²) in [5.41, 5.74) is 0. The van der Waals surface area contributed by atoms with Gasteiger partial charge in [-0.3, -0.25) is 0 Å². The first kappa shape index (κ1) is 15.2. The standard InChI is InChI=1S/C12H16BrClN2O2S/c1-8-4-3-5-9(2)16(8)19(17,18)11-6-10(13)7-15-12(11)14/h6-9H,3-5H2,1-2H3/t8-,9+. The van der Waals surface area contributed by atoms with Crippen molar-refractivity contribution in [3.63, 3.8) is 0 Å². The Labute approximate surface area is 127 Å². The predicted octanol–water partition coefficient (Wildman–Crippen LogP) is 3.45. The van der Waals surface area contributed by atoms with Gasteiger partial charge < -0.3 is 0 Å². The van der Waals surface area contributed by atoms with Crippen molar-refractivity contribution in [1.29, 1.82) is 0 Å². The van der Waals surface area contributed by atoms with Crippen LogP contribution in [0.2, 0.25) is 5.15 Å². The average Bonchev–Trinajstić information content (AvgIpc) is 2.31. The average molecular weight is 368 g/mol. The molecule has 0 spiro atoms. The molecule has 0 saturated carbocycles. The van der Waals surface area contributed by atoms with Gasteiger partial charge in [0.2, 0.25) is 10.0 Å². The van der Waals surface area contributed by atoms with Crippen molar-refractivity contribution in [2.24, 2.45) is 0 Å². The SMILES string of the molecule is C[C@@H]1CCC[C@H](C)N1S(=O)(=O)c1cc(Br)cnc1Cl. The van der Waals surface area contributed by atoms with Crippen LogP contribution < -0.4 is 0 Å². The fourth-order valence-corrected chi connectivity index (χ4v) is 5.38. The number of piperidine rings is 1. The molecule has 0 radical (unpaired) electrons. The van der Waals surface area contributed by atoms with Crippen LogP contribution in [0.15, 0.2) is 21.6 Å². The summed E-state index contributed by atoms with van der Waals surface area (Å²) < 4.78 is 27.7. The molecule has 0 bridgehead atoms. The number of halogens is 2. The molecule has 1 aromatic rings. The zero-order valence-electron chi connectivity index (χ0n) is 10.8. The van der Waals surface area contributed by atoms with Crippen LogP contribution in [-0.4, -0.2) is 29.8 Å². The first-order valence-electron chi connectivity index (χ1n) is 6.18. The van der Waals surface area contributed by atoms with Gasteiger partial charge in [-0.25, -0.2) is 13.4 Å². The summed E-state index contributed by atoms with van der Waals surface area (Å²) in [6.07, 6.45) is 4.30. The fraction of sp³-hybridized carbons (Fsp3) is 0.583. The number of hydrogen-bond donors (Lipinski definition) is 0. The topological polar surface area (TPSA) is 50.3 Å². The number of hydrogen-bond acceptors (Lipinski definition) is 3. The molecule has 4 nitrogen and oxygen atoms in total. The number of rotatable bonds is 2. The van der Waals surface area contributed by atoms with Gasteiger partial charge >= 0.3 is 0 Å². The highest BCUT2D eigenvalue weighted by Gasteiger charge is 2.37. The fourth-order valence-electron chi connectivity index (χ4n) is 2.57. The third-order valence-electron chi connectivity index (χ3n) is 3.44. The van der Waals surface area contributed by atoms with Crippen molar-refractivity contribution < 1.29 is 8.42 Å².